The molecule has 5 nitrogen and oxygen atoms in total. The summed E-state index contributed by atoms with van der Waals surface area (Å²) in [6.45, 7) is 1.76. The zero-order chi connectivity index (χ0) is 16.7. The number of benzene rings is 1. The van der Waals surface area contributed by atoms with E-state index in [4.69, 9.17) is 0 Å². The van der Waals surface area contributed by atoms with E-state index in [0.717, 1.165) is 31.2 Å². The molecule has 3 N–H and O–H groups in total. The summed E-state index contributed by atoms with van der Waals surface area (Å²) in [4.78, 5) is 12.3. The van der Waals surface area contributed by atoms with Crippen molar-refractivity contribution in [1.82, 2.24) is 10.6 Å². The molecule has 1 aliphatic rings. The van der Waals surface area contributed by atoms with Crippen LogP contribution in [0.5, 0.6) is 0 Å². The van der Waals surface area contributed by atoms with Gasteiger partial charge >= 0.3 is 6.03 Å². The van der Waals surface area contributed by atoms with Crippen LogP contribution in [0.15, 0.2) is 30.3 Å². The van der Waals surface area contributed by atoms with Gasteiger partial charge < -0.3 is 15.7 Å². The number of carbonyl (C=O) groups excluding carboxylic acids is 1. The summed E-state index contributed by atoms with van der Waals surface area (Å²) >= 11 is 0. The standard InChI is InChI=1S/C17H26N2O3S/c1-2-23(22)16-11-7-6-10-14(16)18-17(21)19-15(12-20)13-8-4-3-5-9-13/h3-5,8-9,14-16,20H,2,6-7,10-12H2,1H3,(H2,18,19,21)/t14-,15+,16-,23+/m1/s1. The number of hydrogen-bond donors (Lipinski definition) is 3. The summed E-state index contributed by atoms with van der Waals surface area (Å²) in [5.41, 5.74) is 0.863. The van der Waals surface area contributed by atoms with E-state index in [1.54, 1.807) is 0 Å². The molecule has 128 valence electrons. The maximum absolute atomic E-state index is 12.3. The lowest BCUT2D eigenvalue weighted by Gasteiger charge is -2.31. The van der Waals surface area contributed by atoms with E-state index in [9.17, 15) is 14.1 Å². The molecule has 1 fully saturated rings. The lowest BCUT2D eigenvalue weighted by Crippen LogP contribution is -2.51. The highest BCUT2D eigenvalue weighted by molar-refractivity contribution is 7.85. The molecule has 1 aliphatic carbocycles. The highest BCUT2D eigenvalue weighted by Crippen LogP contribution is 2.23. The van der Waals surface area contributed by atoms with Gasteiger partial charge in [-0.3, -0.25) is 4.21 Å². The monoisotopic (exact) mass is 338 g/mol. The van der Waals surface area contributed by atoms with Gasteiger partial charge in [0.15, 0.2) is 0 Å². The summed E-state index contributed by atoms with van der Waals surface area (Å²) in [6.07, 6.45) is 3.87. The predicted molar refractivity (Wildman–Crippen MR) is 92.7 cm³/mol. The van der Waals surface area contributed by atoms with Crippen molar-refractivity contribution >= 4 is 16.8 Å². The number of rotatable bonds is 6. The van der Waals surface area contributed by atoms with Crippen molar-refractivity contribution in [3.63, 3.8) is 0 Å². The fraction of sp³-hybridized carbons (Fsp3) is 0.588. The molecule has 0 aromatic heterocycles. The van der Waals surface area contributed by atoms with Crippen LogP contribution in [0.3, 0.4) is 0 Å². The molecule has 23 heavy (non-hydrogen) atoms. The zero-order valence-electron chi connectivity index (χ0n) is 13.5. The van der Waals surface area contributed by atoms with Gasteiger partial charge in [-0.1, -0.05) is 50.1 Å². The average Bonchev–Trinajstić information content (AvgIpc) is 2.60. The van der Waals surface area contributed by atoms with E-state index in [-0.39, 0.29) is 23.9 Å². The molecule has 0 spiro atoms. The van der Waals surface area contributed by atoms with Gasteiger partial charge in [0.05, 0.1) is 17.9 Å². The summed E-state index contributed by atoms with van der Waals surface area (Å²) in [7, 11) is -0.902. The Hall–Kier alpha value is -1.40. The van der Waals surface area contributed by atoms with Crippen molar-refractivity contribution < 1.29 is 14.1 Å². The Balaban J connectivity index is 1.95. The van der Waals surface area contributed by atoms with Crippen LogP contribution in [0.25, 0.3) is 0 Å². The highest BCUT2D eigenvalue weighted by Gasteiger charge is 2.30. The Labute approximate surface area is 140 Å². The molecule has 1 aromatic rings. The van der Waals surface area contributed by atoms with E-state index in [2.05, 4.69) is 10.6 Å². The molecule has 0 aliphatic heterocycles. The second-order valence-electron chi connectivity index (χ2n) is 5.86. The van der Waals surface area contributed by atoms with Gasteiger partial charge in [-0.05, 0) is 18.4 Å². The van der Waals surface area contributed by atoms with E-state index < -0.39 is 16.8 Å². The fourth-order valence-corrected chi connectivity index (χ4v) is 4.51. The largest absolute Gasteiger partial charge is 0.394 e. The number of aliphatic hydroxyl groups is 1. The van der Waals surface area contributed by atoms with Gasteiger partial charge in [-0.2, -0.15) is 0 Å². The average molecular weight is 338 g/mol. The van der Waals surface area contributed by atoms with Gasteiger partial charge in [0.25, 0.3) is 0 Å². The lowest BCUT2D eigenvalue weighted by atomic mass is 9.95. The predicted octanol–water partition coefficient (Wildman–Crippen LogP) is 2.10. The van der Waals surface area contributed by atoms with Crippen molar-refractivity contribution in [1.29, 1.82) is 0 Å². The summed E-state index contributed by atoms with van der Waals surface area (Å²) < 4.78 is 12.2. The highest BCUT2D eigenvalue weighted by atomic mass is 32.2. The topological polar surface area (TPSA) is 78.4 Å². The van der Waals surface area contributed by atoms with E-state index in [0.29, 0.717) is 5.75 Å². The van der Waals surface area contributed by atoms with Crippen molar-refractivity contribution in [3.8, 4) is 0 Å². The normalized spacial score (nSPS) is 23.7. The van der Waals surface area contributed by atoms with Crippen LogP contribution < -0.4 is 10.6 Å². The van der Waals surface area contributed by atoms with Crippen LogP contribution in [-0.4, -0.2) is 39.0 Å². The maximum Gasteiger partial charge on any atom is 0.315 e. The quantitative estimate of drug-likeness (QED) is 0.743. The number of carbonyl (C=O) groups is 1. The number of aliphatic hydroxyl groups excluding tert-OH is 1. The van der Waals surface area contributed by atoms with Gasteiger partial charge in [0.2, 0.25) is 0 Å². The Morgan fingerprint density at radius 2 is 2.00 bits per heavy atom. The molecule has 1 saturated carbocycles. The maximum atomic E-state index is 12.3. The molecule has 1 aromatic carbocycles. The fourth-order valence-electron chi connectivity index (χ4n) is 3.08. The molecule has 0 heterocycles. The van der Waals surface area contributed by atoms with Crippen LogP contribution >= 0.6 is 0 Å². The molecular weight excluding hydrogens is 312 g/mol. The first-order valence-electron chi connectivity index (χ1n) is 8.25. The molecule has 0 unspecified atom stereocenters. The Kier molecular flexibility index (Phi) is 7.05. The lowest BCUT2D eigenvalue weighted by molar-refractivity contribution is 0.211. The second-order valence-corrected chi connectivity index (χ2v) is 7.81. The Bertz CT molecular complexity index is 524. The molecule has 2 rings (SSSR count). The third kappa shape index (κ3) is 5.04. The van der Waals surface area contributed by atoms with Crippen LogP contribution in [0.4, 0.5) is 4.79 Å². The van der Waals surface area contributed by atoms with Crippen LogP contribution in [-0.2, 0) is 10.8 Å². The first kappa shape index (κ1) is 17.9. The Morgan fingerprint density at radius 1 is 1.30 bits per heavy atom. The van der Waals surface area contributed by atoms with Crippen molar-refractivity contribution in [2.45, 2.75) is 49.9 Å². The van der Waals surface area contributed by atoms with Crippen LogP contribution in [0, 0.1) is 0 Å². The summed E-state index contributed by atoms with van der Waals surface area (Å²) in [5.74, 6) is 0.619. The second kappa shape index (κ2) is 9.03. The van der Waals surface area contributed by atoms with Gasteiger partial charge in [0.1, 0.15) is 0 Å². The van der Waals surface area contributed by atoms with E-state index in [1.807, 2.05) is 37.3 Å². The van der Waals surface area contributed by atoms with Crippen LogP contribution in [0.1, 0.15) is 44.2 Å². The van der Waals surface area contributed by atoms with Gasteiger partial charge in [0, 0.05) is 22.6 Å². The SMILES string of the molecule is CC[S@](=O)[C@@H]1CCCC[C@H]1NC(=O)N[C@@H](CO)c1ccccc1. The van der Waals surface area contributed by atoms with Crippen LogP contribution in [0.2, 0.25) is 0 Å². The minimum absolute atomic E-state index is 0.0313. The smallest absolute Gasteiger partial charge is 0.315 e. The molecule has 2 amide bonds. The first-order valence-corrected chi connectivity index (χ1v) is 9.64. The minimum atomic E-state index is -0.902. The van der Waals surface area contributed by atoms with E-state index in [1.165, 1.54) is 0 Å². The molecule has 6 heteroatoms. The molecule has 0 saturated heterocycles. The minimum Gasteiger partial charge on any atom is -0.394 e. The van der Waals surface area contributed by atoms with E-state index >= 15 is 0 Å². The molecule has 0 bridgehead atoms. The van der Waals surface area contributed by atoms with Crippen molar-refractivity contribution in [2.24, 2.45) is 0 Å². The first-order chi connectivity index (χ1) is 11.2. The molecule has 0 radical (unpaired) electrons. The summed E-state index contributed by atoms with van der Waals surface area (Å²) in [5, 5.41) is 15.3. The van der Waals surface area contributed by atoms with Crippen molar-refractivity contribution in [3.05, 3.63) is 35.9 Å². The number of urea groups is 1. The third-order valence-corrected chi connectivity index (χ3v) is 6.14. The molecule has 4 atom stereocenters. The van der Waals surface area contributed by atoms with Gasteiger partial charge in [-0.15, -0.1) is 0 Å². The summed E-state index contributed by atoms with van der Waals surface area (Å²) in [6, 6.07) is 8.59. The third-order valence-electron chi connectivity index (χ3n) is 4.33. The number of hydrogen-bond acceptors (Lipinski definition) is 3. The van der Waals surface area contributed by atoms with Gasteiger partial charge in [-0.25, -0.2) is 4.79 Å². The molecular formula is C17H26N2O3S. The number of amides is 2. The number of nitrogens with one attached hydrogen (secondary N) is 2. The van der Waals surface area contributed by atoms with Crippen molar-refractivity contribution in [2.75, 3.05) is 12.4 Å². The zero-order valence-corrected chi connectivity index (χ0v) is 14.3. The Morgan fingerprint density at radius 3 is 2.65 bits per heavy atom.